The SMILES string of the molecule is CCC(C)NC(=O)C(C)N(Cc1ccccc1F)C(=O)CN(c1cccc(Cl)c1C)S(=O)(=O)c1ccc(C)cc1. The molecule has 1 N–H and O–H groups in total. The average Bonchev–Trinajstić information content (AvgIpc) is 2.92. The molecule has 2 amide bonds. The molecule has 214 valence electrons. The number of anilines is 1. The van der Waals surface area contributed by atoms with Gasteiger partial charge in [-0.2, -0.15) is 0 Å². The molecule has 0 saturated heterocycles. The van der Waals surface area contributed by atoms with Gasteiger partial charge in [-0.15, -0.1) is 0 Å². The molecule has 0 fully saturated rings. The molecule has 0 saturated carbocycles. The van der Waals surface area contributed by atoms with E-state index < -0.39 is 40.2 Å². The van der Waals surface area contributed by atoms with E-state index in [9.17, 15) is 22.4 Å². The van der Waals surface area contributed by atoms with Crippen LogP contribution < -0.4 is 9.62 Å². The summed E-state index contributed by atoms with van der Waals surface area (Å²) in [6.07, 6.45) is 0.677. The summed E-state index contributed by atoms with van der Waals surface area (Å²) in [6, 6.07) is 15.9. The number of halogens is 2. The zero-order valence-corrected chi connectivity index (χ0v) is 24.9. The fourth-order valence-corrected chi connectivity index (χ4v) is 5.72. The van der Waals surface area contributed by atoms with Gasteiger partial charge < -0.3 is 10.2 Å². The summed E-state index contributed by atoms with van der Waals surface area (Å²) in [5, 5.41) is 3.18. The molecule has 0 aliphatic heterocycles. The van der Waals surface area contributed by atoms with Crippen LogP contribution in [-0.4, -0.2) is 43.8 Å². The van der Waals surface area contributed by atoms with Crippen LogP contribution in [-0.2, 0) is 26.2 Å². The van der Waals surface area contributed by atoms with E-state index in [1.807, 2.05) is 20.8 Å². The lowest BCUT2D eigenvalue weighted by atomic mass is 10.1. The summed E-state index contributed by atoms with van der Waals surface area (Å²) in [7, 11) is -4.24. The number of nitrogens with one attached hydrogen (secondary N) is 1. The highest BCUT2D eigenvalue weighted by atomic mass is 35.5. The predicted octanol–water partition coefficient (Wildman–Crippen LogP) is 5.62. The first kappa shape index (κ1) is 31.1. The number of hydrogen-bond donors (Lipinski definition) is 1. The predicted molar refractivity (Wildman–Crippen MR) is 156 cm³/mol. The van der Waals surface area contributed by atoms with E-state index in [1.54, 1.807) is 50.2 Å². The third-order valence-electron chi connectivity index (χ3n) is 6.86. The minimum absolute atomic E-state index is 0.00603. The lowest BCUT2D eigenvalue weighted by Gasteiger charge is -2.33. The van der Waals surface area contributed by atoms with E-state index >= 15 is 0 Å². The quantitative estimate of drug-likeness (QED) is 0.315. The molecule has 3 aromatic carbocycles. The first-order valence-corrected chi connectivity index (χ1v) is 14.9. The fourth-order valence-electron chi connectivity index (χ4n) is 4.08. The monoisotopic (exact) mass is 587 g/mol. The van der Waals surface area contributed by atoms with Crippen LogP contribution in [0.3, 0.4) is 0 Å². The second kappa shape index (κ2) is 13.3. The zero-order chi connectivity index (χ0) is 29.6. The van der Waals surface area contributed by atoms with E-state index in [0.29, 0.717) is 17.0 Å². The van der Waals surface area contributed by atoms with Crippen molar-refractivity contribution in [3.63, 3.8) is 0 Å². The van der Waals surface area contributed by atoms with Crippen molar-refractivity contribution in [2.24, 2.45) is 0 Å². The second-order valence-electron chi connectivity index (χ2n) is 9.82. The zero-order valence-electron chi connectivity index (χ0n) is 23.3. The largest absolute Gasteiger partial charge is 0.352 e. The Morgan fingerprint density at radius 1 is 0.975 bits per heavy atom. The molecule has 0 aliphatic rings. The van der Waals surface area contributed by atoms with Crippen LogP contribution in [0.2, 0.25) is 5.02 Å². The Morgan fingerprint density at radius 2 is 1.62 bits per heavy atom. The maximum Gasteiger partial charge on any atom is 0.264 e. The van der Waals surface area contributed by atoms with Crippen LogP contribution in [0.15, 0.2) is 71.6 Å². The highest BCUT2D eigenvalue weighted by molar-refractivity contribution is 7.92. The molecule has 0 bridgehead atoms. The number of carbonyl (C=O) groups excluding carboxylic acids is 2. The van der Waals surface area contributed by atoms with Gasteiger partial charge in [0.15, 0.2) is 0 Å². The number of nitrogens with zero attached hydrogens (tertiary/aromatic N) is 2. The van der Waals surface area contributed by atoms with Gasteiger partial charge in [0.2, 0.25) is 11.8 Å². The molecule has 3 rings (SSSR count). The van der Waals surface area contributed by atoms with Crippen molar-refractivity contribution in [1.82, 2.24) is 10.2 Å². The lowest BCUT2D eigenvalue weighted by molar-refractivity contribution is -0.139. The van der Waals surface area contributed by atoms with Gasteiger partial charge in [-0.25, -0.2) is 12.8 Å². The van der Waals surface area contributed by atoms with Gasteiger partial charge in [0.05, 0.1) is 10.6 Å². The molecule has 0 heterocycles. The van der Waals surface area contributed by atoms with Crippen molar-refractivity contribution >= 4 is 39.1 Å². The van der Waals surface area contributed by atoms with Gasteiger partial charge in [-0.3, -0.25) is 13.9 Å². The smallest absolute Gasteiger partial charge is 0.264 e. The Morgan fingerprint density at radius 3 is 2.25 bits per heavy atom. The Hall–Kier alpha value is -3.43. The van der Waals surface area contributed by atoms with Crippen molar-refractivity contribution in [2.75, 3.05) is 10.8 Å². The molecule has 0 spiro atoms. The third-order valence-corrected chi connectivity index (χ3v) is 9.05. The number of amides is 2. The number of rotatable bonds is 11. The topological polar surface area (TPSA) is 86.8 Å². The molecule has 10 heteroatoms. The van der Waals surface area contributed by atoms with Crippen LogP contribution in [0.4, 0.5) is 10.1 Å². The van der Waals surface area contributed by atoms with Gasteiger partial charge >= 0.3 is 0 Å². The molecular weight excluding hydrogens is 553 g/mol. The molecule has 40 heavy (non-hydrogen) atoms. The highest BCUT2D eigenvalue weighted by Gasteiger charge is 2.33. The number of sulfonamides is 1. The first-order valence-electron chi connectivity index (χ1n) is 13.0. The Bertz CT molecular complexity index is 1460. The maximum atomic E-state index is 14.7. The van der Waals surface area contributed by atoms with Crippen LogP contribution in [0.5, 0.6) is 0 Å². The standard InChI is InChI=1S/C30H35ClFN3O4S/c1-6-21(3)33-30(37)23(5)34(18-24-10-7-8-12-27(24)32)29(36)19-35(28-13-9-11-26(31)22(28)4)40(38,39)25-16-14-20(2)15-17-25/h7-17,21,23H,6,18-19H2,1-5H3,(H,33,37). The van der Waals surface area contributed by atoms with Crippen molar-refractivity contribution in [3.05, 3.63) is 94.3 Å². The Balaban J connectivity index is 2.08. The van der Waals surface area contributed by atoms with Gasteiger partial charge in [-0.1, -0.05) is 60.5 Å². The summed E-state index contributed by atoms with van der Waals surface area (Å²) < 4.78 is 43.5. The molecule has 0 radical (unpaired) electrons. The normalized spacial score (nSPS) is 12.9. The van der Waals surface area contributed by atoms with Crippen molar-refractivity contribution in [3.8, 4) is 0 Å². The van der Waals surface area contributed by atoms with Crippen LogP contribution in [0, 0.1) is 19.7 Å². The molecule has 0 aliphatic carbocycles. The molecule has 2 atom stereocenters. The van der Waals surface area contributed by atoms with Crippen molar-refractivity contribution < 1.29 is 22.4 Å². The summed E-state index contributed by atoms with van der Waals surface area (Å²) in [5.41, 5.74) is 1.77. The average molecular weight is 588 g/mol. The summed E-state index contributed by atoms with van der Waals surface area (Å²) in [5.74, 6) is -1.64. The van der Waals surface area contributed by atoms with Crippen molar-refractivity contribution in [2.45, 2.75) is 64.6 Å². The van der Waals surface area contributed by atoms with Crippen LogP contribution in [0.1, 0.15) is 43.9 Å². The second-order valence-corrected chi connectivity index (χ2v) is 12.1. The van der Waals surface area contributed by atoms with Crippen LogP contribution >= 0.6 is 11.6 Å². The van der Waals surface area contributed by atoms with Gasteiger partial charge in [0.1, 0.15) is 18.4 Å². The van der Waals surface area contributed by atoms with Crippen LogP contribution in [0.25, 0.3) is 0 Å². The Labute approximate surface area is 241 Å². The van der Waals surface area contributed by atoms with Gasteiger partial charge in [0.25, 0.3) is 10.0 Å². The summed E-state index contributed by atoms with van der Waals surface area (Å²) in [6.45, 7) is 7.94. The van der Waals surface area contributed by atoms with E-state index in [-0.39, 0.29) is 28.7 Å². The van der Waals surface area contributed by atoms with E-state index in [1.165, 1.54) is 35.2 Å². The maximum absolute atomic E-state index is 14.7. The highest BCUT2D eigenvalue weighted by Crippen LogP contribution is 2.31. The first-order chi connectivity index (χ1) is 18.9. The van der Waals surface area contributed by atoms with Crippen molar-refractivity contribution in [1.29, 1.82) is 0 Å². The van der Waals surface area contributed by atoms with E-state index in [2.05, 4.69) is 5.32 Å². The van der Waals surface area contributed by atoms with E-state index in [4.69, 9.17) is 11.6 Å². The molecule has 0 aromatic heterocycles. The van der Waals surface area contributed by atoms with Gasteiger partial charge in [-0.05, 0) is 70.0 Å². The van der Waals surface area contributed by atoms with E-state index in [0.717, 1.165) is 9.87 Å². The molecule has 2 unspecified atom stereocenters. The minimum atomic E-state index is -4.24. The number of carbonyl (C=O) groups is 2. The summed E-state index contributed by atoms with van der Waals surface area (Å²) >= 11 is 6.34. The summed E-state index contributed by atoms with van der Waals surface area (Å²) in [4.78, 5) is 28.2. The number of benzene rings is 3. The van der Waals surface area contributed by atoms with Gasteiger partial charge in [0, 0.05) is 23.2 Å². The number of hydrogen-bond acceptors (Lipinski definition) is 4. The molecule has 3 aromatic rings. The minimum Gasteiger partial charge on any atom is -0.352 e. The fraction of sp³-hybridized carbons (Fsp3) is 0.333. The molecule has 7 nitrogen and oxygen atoms in total. The third kappa shape index (κ3) is 7.20. The lowest BCUT2D eigenvalue weighted by Crippen LogP contribution is -2.52. The molecular formula is C30H35ClFN3O4S. The Kier molecular flexibility index (Phi) is 10.3. The number of aryl methyl sites for hydroxylation is 1.